The summed E-state index contributed by atoms with van der Waals surface area (Å²) in [7, 11) is 0. The first-order valence-electron chi connectivity index (χ1n) is 8.15. The van der Waals surface area contributed by atoms with E-state index in [1.54, 1.807) is 5.56 Å². The number of benzene rings is 1. The highest BCUT2D eigenvalue weighted by Crippen LogP contribution is 2.41. The highest BCUT2D eigenvalue weighted by atomic mass is 16.5. The van der Waals surface area contributed by atoms with Gasteiger partial charge in [-0.1, -0.05) is 19.9 Å². The zero-order valence-electron chi connectivity index (χ0n) is 13.1. The van der Waals surface area contributed by atoms with Crippen LogP contribution in [0.1, 0.15) is 54.9 Å². The summed E-state index contributed by atoms with van der Waals surface area (Å²) in [5, 5.41) is 3.54. The summed E-state index contributed by atoms with van der Waals surface area (Å²) in [6, 6.07) is 2.42. The van der Waals surface area contributed by atoms with Gasteiger partial charge >= 0.3 is 0 Å². The first kappa shape index (κ1) is 13.9. The molecule has 3 rings (SSSR count). The van der Waals surface area contributed by atoms with Crippen LogP contribution in [0.25, 0.3) is 0 Å². The Morgan fingerprint density at radius 3 is 2.95 bits per heavy atom. The van der Waals surface area contributed by atoms with Gasteiger partial charge < -0.3 is 10.1 Å². The first-order valence-corrected chi connectivity index (χ1v) is 8.15. The van der Waals surface area contributed by atoms with E-state index in [2.05, 4.69) is 32.2 Å². The van der Waals surface area contributed by atoms with E-state index in [0.717, 1.165) is 19.6 Å². The maximum absolute atomic E-state index is 6.03. The second kappa shape index (κ2) is 5.77. The normalized spacial score (nSPS) is 21.9. The maximum atomic E-state index is 6.03. The summed E-state index contributed by atoms with van der Waals surface area (Å²) in [4.78, 5) is 0. The third-order valence-electron chi connectivity index (χ3n) is 4.70. The van der Waals surface area contributed by atoms with E-state index < -0.39 is 0 Å². The van der Waals surface area contributed by atoms with Gasteiger partial charge in [0.25, 0.3) is 0 Å². The van der Waals surface area contributed by atoms with Crippen molar-refractivity contribution < 1.29 is 4.74 Å². The smallest absolute Gasteiger partial charge is 0.126 e. The molecule has 0 amide bonds. The standard InChI is InChI=1S/C18H27NO/c1-12(2)9-16-13(3)10-17(14-5-4-7-19-11-14)18-15(16)6-8-20-18/h10,12,14,19H,4-9,11H2,1-3H3. The Kier molecular flexibility index (Phi) is 4.02. The van der Waals surface area contributed by atoms with Crippen LogP contribution in [0.15, 0.2) is 6.07 Å². The minimum atomic E-state index is 0.641. The summed E-state index contributed by atoms with van der Waals surface area (Å²) in [5.74, 6) is 2.59. The molecule has 0 spiro atoms. The van der Waals surface area contributed by atoms with E-state index in [1.165, 1.54) is 48.2 Å². The van der Waals surface area contributed by atoms with Gasteiger partial charge in [-0.05, 0) is 55.3 Å². The number of nitrogens with one attached hydrogen (secondary N) is 1. The summed E-state index contributed by atoms with van der Waals surface area (Å²) in [5.41, 5.74) is 6.01. The Bertz CT molecular complexity index is 487. The van der Waals surface area contributed by atoms with Gasteiger partial charge in [-0.2, -0.15) is 0 Å². The summed E-state index contributed by atoms with van der Waals surface area (Å²) in [6.45, 7) is 10.1. The lowest BCUT2D eigenvalue weighted by atomic mass is 9.84. The molecular formula is C18H27NO. The first-order chi connectivity index (χ1) is 9.66. The Balaban J connectivity index is 2.00. The van der Waals surface area contributed by atoms with E-state index in [9.17, 15) is 0 Å². The number of fused-ring (bicyclic) bond motifs is 1. The number of hydrogen-bond acceptors (Lipinski definition) is 2. The number of piperidine rings is 1. The van der Waals surface area contributed by atoms with Gasteiger partial charge in [-0.3, -0.25) is 0 Å². The second-order valence-corrected chi connectivity index (χ2v) is 6.81. The molecule has 2 nitrogen and oxygen atoms in total. The topological polar surface area (TPSA) is 21.3 Å². The predicted octanol–water partition coefficient (Wildman–Crippen LogP) is 3.60. The number of hydrogen-bond donors (Lipinski definition) is 1. The second-order valence-electron chi connectivity index (χ2n) is 6.81. The highest BCUT2D eigenvalue weighted by molar-refractivity contribution is 5.54. The van der Waals surface area contributed by atoms with Crippen molar-refractivity contribution in [2.45, 2.75) is 52.4 Å². The molecule has 0 saturated carbocycles. The fourth-order valence-corrected chi connectivity index (χ4v) is 3.74. The largest absolute Gasteiger partial charge is 0.493 e. The summed E-state index contributed by atoms with van der Waals surface area (Å²) < 4.78 is 6.03. The summed E-state index contributed by atoms with van der Waals surface area (Å²) >= 11 is 0. The molecule has 1 aromatic rings. The van der Waals surface area contributed by atoms with Crippen LogP contribution in [0.5, 0.6) is 5.75 Å². The number of ether oxygens (including phenoxy) is 1. The molecule has 20 heavy (non-hydrogen) atoms. The van der Waals surface area contributed by atoms with E-state index in [0.29, 0.717) is 11.8 Å². The molecule has 2 aliphatic rings. The molecule has 2 heterocycles. The molecule has 0 bridgehead atoms. The molecule has 1 saturated heterocycles. The Morgan fingerprint density at radius 2 is 2.25 bits per heavy atom. The van der Waals surface area contributed by atoms with Crippen molar-refractivity contribution in [1.82, 2.24) is 5.32 Å². The molecule has 2 aliphatic heterocycles. The van der Waals surface area contributed by atoms with Crippen LogP contribution in [0.3, 0.4) is 0 Å². The third kappa shape index (κ3) is 2.58. The lowest BCUT2D eigenvalue weighted by Gasteiger charge is -2.26. The van der Waals surface area contributed by atoms with Crippen LogP contribution in [-0.2, 0) is 12.8 Å². The molecular weight excluding hydrogens is 246 g/mol. The van der Waals surface area contributed by atoms with Crippen molar-refractivity contribution in [2.24, 2.45) is 5.92 Å². The van der Waals surface area contributed by atoms with Crippen molar-refractivity contribution in [1.29, 1.82) is 0 Å². The van der Waals surface area contributed by atoms with Crippen LogP contribution in [-0.4, -0.2) is 19.7 Å². The zero-order valence-corrected chi connectivity index (χ0v) is 13.1. The quantitative estimate of drug-likeness (QED) is 0.908. The van der Waals surface area contributed by atoms with Crippen molar-refractivity contribution in [3.05, 3.63) is 28.3 Å². The van der Waals surface area contributed by atoms with Crippen LogP contribution < -0.4 is 10.1 Å². The van der Waals surface area contributed by atoms with E-state index in [1.807, 2.05) is 0 Å². The lowest BCUT2D eigenvalue weighted by Crippen LogP contribution is -2.28. The molecule has 1 unspecified atom stereocenters. The van der Waals surface area contributed by atoms with Crippen molar-refractivity contribution in [2.75, 3.05) is 19.7 Å². The van der Waals surface area contributed by atoms with Crippen molar-refractivity contribution >= 4 is 0 Å². The minimum absolute atomic E-state index is 0.641. The Morgan fingerprint density at radius 1 is 1.40 bits per heavy atom. The van der Waals surface area contributed by atoms with Gasteiger partial charge in [0.2, 0.25) is 0 Å². The van der Waals surface area contributed by atoms with E-state index >= 15 is 0 Å². The van der Waals surface area contributed by atoms with Gasteiger partial charge in [0.15, 0.2) is 0 Å². The number of aryl methyl sites for hydroxylation is 1. The fraction of sp³-hybridized carbons (Fsp3) is 0.667. The lowest BCUT2D eigenvalue weighted by molar-refractivity contribution is 0.346. The van der Waals surface area contributed by atoms with E-state index in [-0.39, 0.29) is 0 Å². The van der Waals surface area contributed by atoms with Gasteiger partial charge in [-0.15, -0.1) is 0 Å². The monoisotopic (exact) mass is 273 g/mol. The maximum Gasteiger partial charge on any atom is 0.126 e. The average Bonchev–Trinajstić information content (AvgIpc) is 2.91. The Labute approximate surface area is 122 Å². The molecule has 0 aliphatic carbocycles. The van der Waals surface area contributed by atoms with Crippen molar-refractivity contribution in [3.63, 3.8) is 0 Å². The van der Waals surface area contributed by atoms with Gasteiger partial charge in [0.05, 0.1) is 6.61 Å². The molecule has 0 aromatic heterocycles. The molecule has 1 atom stereocenters. The van der Waals surface area contributed by atoms with Crippen LogP contribution >= 0.6 is 0 Å². The molecule has 2 heteroatoms. The molecule has 1 N–H and O–H groups in total. The SMILES string of the molecule is Cc1cc(C2CCCNC2)c2c(c1CC(C)C)CCO2. The van der Waals surface area contributed by atoms with Crippen LogP contribution in [0.4, 0.5) is 0 Å². The molecule has 1 aromatic carbocycles. The molecule has 0 radical (unpaired) electrons. The molecule has 1 fully saturated rings. The van der Waals surface area contributed by atoms with Gasteiger partial charge in [0, 0.05) is 24.4 Å². The third-order valence-corrected chi connectivity index (χ3v) is 4.70. The average molecular weight is 273 g/mol. The van der Waals surface area contributed by atoms with Crippen LogP contribution in [0, 0.1) is 12.8 Å². The van der Waals surface area contributed by atoms with Gasteiger partial charge in [0.1, 0.15) is 5.75 Å². The molecule has 110 valence electrons. The predicted molar refractivity (Wildman–Crippen MR) is 83.8 cm³/mol. The fourth-order valence-electron chi connectivity index (χ4n) is 3.74. The summed E-state index contributed by atoms with van der Waals surface area (Å²) in [6.07, 6.45) is 4.87. The highest BCUT2D eigenvalue weighted by Gasteiger charge is 2.27. The van der Waals surface area contributed by atoms with Crippen LogP contribution in [0.2, 0.25) is 0 Å². The zero-order chi connectivity index (χ0) is 14.1. The Hall–Kier alpha value is -1.02. The van der Waals surface area contributed by atoms with E-state index in [4.69, 9.17) is 4.74 Å². The number of rotatable bonds is 3. The minimum Gasteiger partial charge on any atom is -0.493 e. The van der Waals surface area contributed by atoms with Gasteiger partial charge in [-0.25, -0.2) is 0 Å². The van der Waals surface area contributed by atoms with Crippen molar-refractivity contribution in [3.8, 4) is 5.75 Å².